The highest BCUT2D eigenvalue weighted by molar-refractivity contribution is 5.90. The first kappa shape index (κ1) is 16.0. The number of hydrogen-bond acceptors (Lipinski definition) is 3. The molecule has 0 aliphatic carbocycles. The SMILES string of the molecule is CC(C)OC(=O)CCNC(=O)Cc1cccc2ccccc12. The van der Waals surface area contributed by atoms with Crippen LogP contribution in [0.1, 0.15) is 25.8 Å². The van der Waals surface area contributed by atoms with Crippen molar-refractivity contribution in [3.63, 3.8) is 0 Å². The summed E-state index contributed by atoms with van der Waals surface area (Å²) < 4.78 is 5.02. The number of benzene rings is 2. The lowest BCUT2D eigenvalue weighted by molar-refractivity contribution is -0.147. The molecule has 0 aliphatic rings. The minimum Gasteiger partial charge on any atom is -0.463 e. The molecular weight excluding hydrogens is 278 g/mol. The molecule has 0 aromatic heterocycles. The summed E-state index contributed by atoms with van der Waals surface area (Å²) in [7, 11) is 0. The minimum atomic E-state index is -0.291. The lowest BCUT2D eigenvalue weighted by atomic mass is 10.0. The average Bonchev–Trinajstić information content (AvgIpc) is 2.47. The molecule has 0 saturated heterocycles. The monoisotopic (exact) mass is 299 g/mol. The van der Waals surface area contributed by atoms with Gasteiger partial charge < -0.3 is 10.1 Å². The molecule has 0 saturated carbocycles. The van der Waals surface area contributed by atoms with Crippen LogP contribution in [0.2, 0.25) is 0 Å². The van der Waals surface area contributed by atoms with Gasteiger partial charge in [0.1, 0.15) is 0 Å². The Morgan fingerprint density at radius 1 is 1.09 bits per heavy atom. The summed E-state index contributed by atoms with van der Waals surface area (Å²) in [5, 5.41) is 4.96. The van der Waals surface area contributed by atoms with Gasteiger partial charge in [-0.2, -0.15) is 0 Å². The molecule has 0 heterocycles. The van der Waals surface area contributed by atoms with Gasteiger partial charge in [-0.15, -0.1) is 0 Å². The molecule has 1 N–H and O–H groups in total. The number of amides is 1. The van der Waals surface area contributed by atoms with Crippen LogP contribution in [0.4, 0.5) is 0 Å². The number of ether oxygens (including phenoxy) is 1. The summed E-state index contributed by atoms with van der Waals surface area (Å²) in [5.41, 5.74) is 0.986. The number of carbonyl (C=O) groups excluding carboxylic acids is 2. The van der Waals surface area contributed by atoms with Crippen LogP contribution in [-0.4, -0.2) is 24.5 Å². The lowest BCUT2D eigenvalue weighted by Gasteiger charge is -2.09. The summed E-state index contributed by atoms with van der Waals surface area (Å²) in [5.74, 6) is -0.380. The topological polar surface area (TPSA) is 55.4 Å². The zero-order valence-electron chi connectivity index (χ0n) is 13.0. The van der Waals surface area contributed by atoms with Crippen LogP contribution in [0, 0.1) is 0 Å². The van der Waals surface area contributed by atoms with Gasteiger partial charge in [0.05, 0.1) is 18.9 Å². The molecule has 22 heavy (non-hydrogen) atoms. The highest BCUT2D eigenvalue weighted by Crippen LogP contribution is 2.18. The predicted octanol–water partition coefficient (Wildman–Crippen LogP) is 2.84. The van der Waals surface area contributed by atoms with Gasteiger partial charge in [0.15, 0.2) is 0 Å². The van der Waals surface area contributed by atoms with E-state index in [1.54, 1.807) is 13.8 Å². The summed E-state index contributed by atoms with van der Waals surface area (Å²) in [6, 6.07) is 13.9. The second kappa shape index (κ2) is 7.59. The van der Waals surface area contributed by atoms with Crippen molar-refractivity contribution in [2.45, 2.75) is 32.8 Å². The van der Waals surface area contributed by atoms with Crippen molar-refractivity contribution >= 4 is 22.6 Å². The van der Waals surface area contributed by atoms with E-state index in [1.165, 1.54) is 0 Å². The van der Waals surface area contributed by atoms with Crippen LogP contribution in [0.15, 0.2) is 42.5 Å². The molecule has 0 fully saturated rings. The molecule has 2 aromatic rings. The number of hydrogen-bond donors (Lipinski definition) is 1. The molecule has 4 nitrogen and oxygen atoms in total. The standard InChI is InChI=1S/C18H21NO3/c1-13(2)22-18(21)10-11-19-17(20)12-15-8-5-7-14-6-3-4-9-16(14)15/h3-9,13H,10-12H2,1-2H3,(H,19,20). The van der Waals surface area contributed by atoms with E-state index >= 15 is 0 Å². The molecule has 4 heteroatoms. The Morgan fingerprint density at radius 3 is 2.59 bits per heavy atom. The predicted molar refractivity (Wildman–Crippen MR) is 86.5 cm³/mol. The van der Waals surface area contributed by atoms with E-state index in [9.17, 15) is 9.59 Å². The highest BCUT2D eigenvalue weighted by atomic mass is 16.5. The maximum Gasteiger partial charge on any atom is 0.307 e. The van der Waals surface area contributed by atoms with Gasteiger partial charge in [-0.25, -0.2) is 0 Å². The molecule has 0 bridgehead atoms. The number of carbonyl (C=O) groups is 2. The number of esters is 1. The first-order chi connectivity index (χ1) is 10.6. The van der Waals surface area contributed by atoms with Gasteiger partial charge in [0, 0.05) is 6.54 Å². The van der Waals surface area contributed by atoms with Crippen molar-refractivity contribution in [1.29, 1.82) is 0 Å². The second-order valence-corrected chi connectivity index (χ2v) is 5.45. The highest BCUT2D eigenvalue weighted by Gasteiger charge is 2.09. The molecule has 0 radical (unpaired) electrons. The zero-order valence-corrected chi connectivity index (χ0v) is 13.0. The van der Waals surface area contributed by atoms with Gasteiger partial charge in [-0.1, -0.05) is 42.5 Å². The van der Waals surface area contributed by atoms with Crippen LogP contribution >= 0.6 is 0 Å². The first-order valence-electron chi connectivity index (χ1n) is 7.49. The van der Waals surface area contributed by atoms with Crippen molar-refractivity contribution in [1.82, 2.24) is 5.32 Å². The maximum absolute atomic E-state index is 12.0. The van der Waals surface area contributed by atoms with E-state index in [4.69, 9.17) is 4.74 Å². The third kappa shape index (κ3) is 4.58. The second-order valence-electron chi connectivity index (χ2n) is 5.45. The smallest absolute Gasteiger partial charge is 0.307 e. The van der Waals surface area contributed by atoms with Gasteiger partial charge in [-0.05, 0) is 30.2 Å². The van der Waals surface area contributed by atoms with Crippen molar-refractivity contribution in [3.05, 3.63) is 48.0 Å². The Morgan fingerprint density at radius 2 is 1.82 bits per heavy atom. The normalized spacial score (nSPS) is 10.7. The van der Waals surface area contributed by atoms with Crippen LogP contribution in [0.25, 0.3) is 10.8 Å². The lowest BCUT2D eigenvalue weighted by Crippen LogP contribution is -2.28. The molecule has 0 atom stereocenters. The molecule has 0 unspecified atom stereocenters. The summed E-state index contributed by atoms with van der Waals surface area (Å²) in [6.07, 6.45) is 0.374. The number of rotatable bonds is 6. The largest absolute Gasteiger partial charge is 0.463 e. The fraction of sp³-hybridized carbons (Fsp3) is 0.333. The third-order valence-corrected chi connectivity index (χ3v) is 3.25. The number of nitrogens with one attached hydrogen (secondary N) is 1. The van der Waals surface area contributed by atoms with Gasteiger partial charge >= 0.3 is 5.97 Å². The van der Waals surface area contributed by atoms with Gasteiger partial charge in [-0.3, -0.25) is 9.59 Å². The van der Waals surface area contributed by atoms with Crippen molar-refractivity contribution in [3.8, 4) is 0 Å². The quantitative estimate of drug-likeness (QED) is 0.834. The van der Waals surface area contributed by atoms with E-state index in [-0.39, 0.29) is 24.4 Å². The first-order valence-corrected chi connectivity index (χ1v) is 7.49. The maximum atomic E-state index is 12.0. The van der Waals surface area contributed by atoms with E-state index in [2.05, 4.69) is 5.32 Å². The Bertz CT molecular complexity index is 659. The van der Waals surface area contributed by atoms with Crippen molar-refractivity contribution in [2.24, 2.45) is 0 Å². The fourth-order valence-electron chi connectivity index (χ4n) is 2.31. The zero-order chi connectivity index (χ0) is 15.9. The van der Waals surface area contributed by atoms with Crippen LogP contribution in [0.5, 0.6) is 0 Å². The van der Waals surface area contributed by atoms with Gasteiger partial charge in [0.2, 0.25) is 5.91 Å². The van der Waals surface area contributed by atoms with Gasteiger partial charge in [0.25, 0.3) is 0 Å². The summed E-state index contributed by atoms with van der Waals surface area (Å²) in [6.45, 7) is 3.91. The molecule has 0 aliphatic heterocycles. The van der Waals surface area contributed by atoms with E-state index < -0.39 is 0 Å². The molecule has 1 amide bonds. The number of fused-ring (bicyclic) bond motifs is 1. The minimum absolute atomic E-state index is 0.0892. The van der Waals surface area contributed by atoms with E-state index in [1.807, 2.05) is 42.5 Å². The summed E-state index contributed by atoms with van der Waals surface area (Å²) in [4.78, 5) is 23.4. The molecule has 0 spiro atoms. The molecule has 116 valence electrons. The van der Waals surface area contributed by atoms with Crippen LogP contribution in [0.3, 0.4) is 0 Å². The average molecular weight is 299 g/mol. The van der Waals surface area contributed by atoms with Crippen molar-refractivity contribution in [2.75, 3.05) is 6.54 Å². The van der Waals surface area contributed by atoms with Crippen LogP contribution < -0.4 is 5.32 Å². The molecular formula is C18H21NO3. The Hall–Kier alpha value is -2.36. The molecule has 2 aromatic carbocycles. The van der Waals surface area contributed by atoms with E-state index in [0.29, 0.717) is 13.0 Å². The Balaban J connectivity index is 1.88. The van der Waals surface area contributed by atoms with Crippen molar-refractivity contribution < 1.29 is 14.3 Å². The molecule has 2 rings (SSSR count). The Labute approximate surface area is 130 Å². The summed E-state index contributed by atoms with van der Waals surface area (Å²) >= 11 is 0. The third-order valence-electron chi connectivity index (χ3n) is 3.25. The fourth-order valence-corrected chi connectivity index (χ4v) is 2.31. The van der Waals surface area contributed by atoms with E-state index in [0.717, 1.165) is 16.3 Å². The Kier molecular flexibility index (Phi) is 5.53. The van der Waals surface area contributed by atoms with Crippen LogP contribution in [-0.2, 0) is 20.7 Å².